The number of aryl methyl sites for hydroxylation is 1. The van der Waals surface area contributed by atoms with Crippen molar-refractivity contribution in [3.8, 4) is 0 Å². The van der Waals surface area contributed by atoms with Gasteiger partial charge in [0.1, 0.15) is 5.82 Å². The molecular formula is C19H19FN2O2. The lowest BCUT2D eigenvalue weighted by Crippen LogP contribution is -2.39. The van der Waals surface area contributed by atoms with Crippen molar-refractivity contribution in [2.45, 2.75) is 25.8 Å². The summed E-state index contributed by atoms with van der Waals surface area (Å²) in [4.78, 5) is 25.9. The zero-order chi connectivity index (χ0) is 17.1. The lowest BCUT2D eigenvalue weighted by Gasteiger charge is -2.16. The third-order valence-corrected chi connectivity index (χ3v) is 4.18. The molecule has 1 aliphatic heterocycles. The van der Waals surface area contributed by atoms with Crippen LogP contribution in [0.1, 0.15) is 17.5 Å². The van der Waals surface area contributed by atoms with Gasteiger partial charge < -0.3 is 5.32 Å². The summed E-state index contributed by atoms with van der Waals surface area (Å²) in [6.45, 7) is 2.39. The van der Waals surface area contributed by atoms with Gasteiger partial charge in [0.05, 0.1) is 18.2 Å². The number of anilines is 1. The maximum Gasteiger partial charge on any atom is 0.251 e. The second-order valence-electron chi connectivity index (χ2n) is 5.96. The van der Waals surface area contributed by atoms with Crippen LogP contribution in [-0.4, -0.2) is 24.4 Å². The summed E-state index contributed by atoms with van der Waals surface area (Å²) in [7, 11) is 0. The molecule has 4 nitrogen and oxygen atoms in total. The molecule has 1 saturated heterocycles. The minimum Gasteiger partial charge on any atom is -0.305 e. The van der Waals surface area contributed by atoms with Gasteiger partial charge in [0, 0.05) is 6.54 Å². The smallest absolute Gasteiger partial charge is 0.251 e. The Kier molecular flexibility index (Phi) is 4.71. The Morgan fingerprint density at radius 3 is 2.54 bits per heavy atom. The maximum absolute atomic E-state index is 13.6. The predicted molar refractivity (Wildman–Crippen MR) is 90.2 cm³/mol. The molecule has 5 heteroatoms. The van der Waals surface area contributed by atoms with Crippen molar-refractivity contribution >= 4 is 17.5 Å². The first-order valence-electron chi connectivity index (χ1n) is 7.96. The standard InChI is InChI=1S/C19H19FN2O2/c1-13-6-8-15(9-7-13)22-18(23)12-17(19(22)24)21-11-10-14-4-2-3-5-16(14)20/h2-9,17,21H,10-12H2,1H3/t17-/m1/s1. The highest BCUT2D eigenvalue weighted by atomic mass is 19.1. The minimum absolute atomic E-state index is 0.129. The number of carbonyl (C=O) groups is 2. The van der Waals surface area contributed by atoms with Crippen molar-refractivity contribution in [3.05, 3.63) is 65.5 Å². The van der Waals surface area contributed by atoms with Gasteiger partial charge in [0.15, 0.2) is 0 Å². The molecule has 24 heavy (non-hydrogen) atoms. The molecule has 0 saturated carbocycles. The summed E-state index contributed by atoms with van der Waals surface area (Å²) in [5, 5.41) is 3.07. The van der Waals surface area contributed by atoms with Crippen molar-refractivity contribution in [2.75, 3.05) is 11.4 Å². The van der Waals surface area contributed by atoms with E-state index in [1.807, 2.05) is 19.1 Å². The highest BCUT2D eigenvalue weighted by Gasteiger charge is 2.39. The lowest BCUT2D eigenvalue weighted by atomic mass is 10.1. The number of hydrogen-bond donors (Lipinski definition) is 1. The number of carbonyl (C=O) groups excluding carboxylic acids is 2. The molecule has 0 unspecified atom stereocenters. The van der Waals surface area contributed by atoms with Gasteiger partial charge in [0.2, 0.25) is 5.91 Å². The molecule has 124 valence electrons. The first-order chi connectivity index (χ1) is 11.6. The number of halogens is 1. The van der Waals surface area contributed by atoms with Gasteiger partial charge in [-0.1, -0.05) is 35.9 Å². The number of hydrogen-bond acceptors (Lipinski definition) is 3. The van der Waals surface area contributed by atoms with Gasteiger partial charge >= 0.3 is 0 Å². The summed E-state index contributed by atoms with van der Waals surface area (Å²) in [5.41, 5.74) is 2.25. The molecule has 0 spiro atoms. The van der Waals surface area contributed by atoms with Crippen LogP contribution < -0.4 is 10.2 Å². The van der Waals surface area contributed by atoms with Gasteiger partial charge in [0.25, 0.3) is 5.91 Å². The van der Waals surface area contributed by atoms with Crippen LogP contribution in [0.25, 0.3) is 0 Å². The molecule has 2 aromatic rings. The molecule has 2 aromatic carbocycles. The fraction of sp³-hybridized carbons (Fsp3) is 0.263. The molecule has 0 radical (unpaired) electrons. The van der Waals surface area contributed by atoms with Crippen molar-refractivity contribution in [2.24, 2.45) is 0 Å². The van der Waals surface area contributed by atoms with Crippen molar-refractivity contribution in [3.63, 3.8) is 0 Å². The highest BCUT2D eigenvalue weighted by Crippen LogP contribution is 2.23. The van der Waals surface area contributed by atoms with E-state index in [0.29, 0.717) is 24.2 Å². The van der Waals surface area contributed by atoms with Crippen molar-refractivity contribution in [1.29, 1.82) is 0 Å². The summed E-state index contributed by atoms with van der Waals surface area (Å²) in [6.07, 6.45) is 0.596. The van der Waals surface area contributed by atoms with E-state index in [9.17, 15) is 14.0 Å². The van der Waals surface area contributed by atoms with Crippen LogP contribution in [0.2, 0.25) is 0 Å². The van der Waals surface area contributed by atoms with Gasteiger partial charge in [-0.05, 0) is 37.1 Å². The monoisotopic (exact) mass is 326 g/mol. The number of rotatable bonds is 5. The van der Waals surface area contributed by atoms with Gasteiger partial charge in [-0.15, -0.1) is 0 Å². The van der Waals surface area contributed by atoms with E-state index in [1.54, 1.807) is 30.3 Å². The number of amides is 2. The van der Waals surface area contributed by atoms with Crippen LogP contribution >= 0.6 is 0 Å². The lowest BCUT2D eigenvalue weighted by molar-refractivity contribution is -0.121. The molecule has 0 aromatic heterocycles. The van der Waals surface area contributed by atoms with Gasteiger partial charge in [-0.25, -0.2) is 9.29 Å². The van der Waals surface area contributed by atoms with Crippen LogP contribution in [0.4, 0.5) is 10.1 Å². The molecule has 2 amide bonds. The molecule has 1 fully saturated rings. The molecule has 1 aliphatic rings. The Morgan fingerprint density at radius 1 is 1.12 bits per heavy atom. The Labute approximate surface area is 140 Å². The van der Waals surface area contributed by atoms with E-state index in [1.165, 1.54) is 11.0 Å². The Bertz CT molecular complexity index is 758. The molecule has 3 rings (SSSR count). The number of nitrogens with one attached hydrogen (secondary N) is 1. The molecule has 1 atom stereocenters. The van der Waals surface area contributed by atoms with E-state index in [2.05, 4.69) is 5.32 Å². The molecule has 0 bridgehead atoms. The Hall–Kier alpha value is -2.53. The number of imide groups is 1. The van der Waals surface area contributed by atoms with Crippen LogP contribution in [0.3, 0.4) is 0 Å². The van der Waals surface area contributed by atoms with E-state index in [-0.39, 0.29) is 24.1 Å². The molecule has 0 aliphatic carbocycles. The Morgan fingerprint density at radius 2 is 1.83 bits per heavy atom. The number of nitrogens with zero attached hydrogens (tertiary/aromatic N) is 1. The van der Waals surface area contributed by atoms with E-state index < -0.39 is 6.04 Å². The van der Waals surface area contributed by atoms with Gasteiger partial charge in [-0.3, -0.25) is 9.59 Å². The third-order valence-electron chi connectivity index (χ3n) is 4.18. The first-order valence-corrected chi connectivity index (χ1v) is 7.96. The molecule has 1 N–H and O–H groups in total. The SMILES string of the molecule is Cc1ccc(N2C(=O)C[C@@H](NCCc3ccccc3F)C2=O)cc1. The topological polar surface area (TPSA) is 49.4 Å². The summed E-state index contributed by atoms with van der Waals surface area (Å²) in [5.74, 6) is -0.723. The second kappa shape index (κ2) is 6.93. The predicted octanol–water partition coefficient (Wildman–Crippen LogP) is 2.60. The zero-order valence-electron chi connectivity index (χ0n) is 13.5. The fourth-order valence-electron chi connectivity index (χ4n) is 2.84. The van der Waals surface area contributed by atoms with Crippen LogP contribution in [0.15, 0.2) is 48.5 Å². The van der Waals surface area contributed by atoms with Crippen LogP contribution in [-0.2, 0) is 16.0 Å². The number of benzene rings is 2. The Balaban J connectivity index is 1.62. The van der Waals surface area contributed by atoms with E-state index in [4.69, 9.17) is 0 Å². The fourth-order valence-corrected chi connectivity index (χ4v) is 2.84. The maximum atomic E-state index is 13.6. The average Bonchev–Trinajstić information content (AvgIpc) is 2.84. The van der Waals surface area contributed by atoms with Crippen molar-refractivity contribution in [1.82, 2.24) is 5.32 Å². The average molecular weight is 326 g/mol. The van der Waals surface area contributed by atoms with Gasteiger partial charge in [-0.2, -0.15) is 0 Å². The molecule has 1 heterocycles. The zero-order valence-corrected chi connectivity index (χ0v) is 13.5. The normalized spacial score (nSPS) is 17.6. The molecular weight excluding hydrogens is 307 g/mol. The quantitative estimate of drug-likeness (QED) is 0.859. The van der Waals surface area contributed by atoms with Crippen LogP contribution in [0, 0.1) is 12.7 Å². The third kappa shape index (κ3) is 3.36. The highest BCUT2D eigenvalue weighted by molar-refractivity contribution is 6.22. The van der Waals surface area contributed by atoms with Crippen molar-refractivity contribution < 1.29 is 14.0 Å². The minimum atomic E-state index is -0.550. The largest absolute Gasteiger partial charge is 0.305 e. The van der Waals surface area contributed by atoms with E-state index >= 15 is 0 Å². The summed E-state index contributed by atoms with van der Waals surface area (Å²) >= 11 is 0. The summed E-state index contributed by atoms with van der Waals surface area (Å²) < 4.78 is 13.6. The first kappa shape index (κ1) is 16.3. The summed E-state index contributed by atoms with van der Waals surface area (Å²) in [6, 6.07) is 13.3. The van der Waals surface area contributed by atoms with Crippen LogP contribution in [0.5, 0.6) is 0 Å². The second-order valence-corrected chi connectivity index (χ2v) is 5.96. The van der Waals surface area contributed by atoms with E-state index in [0.717, 1.165) is 5.56 Å².